The third kappa shape index (κ3) is 3.45. The first-order valence-electron chi connectivity index (χ1n) is 12.7. The van der Waals surface area contributed by atoms with Gasteiger partial charge in [0.25, 0.3) is 5.91 Å². The van der Waals surface area contributed by atoms with Crippen molar-refractivity contribution in [2.24, 2.45) is 11.8 Å². The maximum absolute atomic E-state index is 14.2. The zero-order valence-corrected chi connectivity index (χ0v) is 21.4. The predicted octanol–water partition coefficient (Wildman–Crippen LogP) is 2.40. The molecular weight excluding hydrogens is 482 g/mol. The monoisotopic (exact) mass is 513 g/mol. The van der Waals surface area contributed by atoms with Crippen molar-refractivity contribution in [3.63, 3.8) is 0 Å². The molecule has 1 unspecified atom stereocenters. The quantitative estimate of drug-likeness (QED) is 0.590. The number of benzene rings is 1. The predicted molar refractivity (Wildman–Crippen MR) is 135 cm³/mol. The number of carbonyl (C=O) groups excluding carboxylic acids is 3. The van der Waals surface area contributed by atoms with E-state index < -0.39 is 29.1 Å². The molecule has 4 aliphatic rings. The lowest BCUT2D eigenvalue weighted by Gasteiger charge is -2.38. The average Bonchev–Trinajstić information content (AvgIpc) is 3.15. The Balaban J connectivity index is 1.66. The molecule has 36 heavy (non-hydrogen) atoms. The van der Waals surface area contributed by atoms with Crippen LogP contribution in [0.3, 0.4) is 0 Å². The lowest BCUT2D eigenvalue weighted by atomic mass is 9.73. The van der Waals surface area contributed by atoms with E-state index in [1.54, 1.807) is 34.1 Å². The number of aliphatic hydroxyl groups is 1. The molecule has 1 N–H and O–H groups in total. The number of likely N-dealkylation sites (tertiary alicyclic amines) is 1. The Morgan fingerprint density at radius 2 is 1.75 bits per heavy atom. The van der Waals surface area contributed by atoms with Gasteiger partial charge in [-0.15, -0.1) is 0 Å². The number of nitrogens with zero attached hydrogens (tertiary/aromatic N) is 3. The largest absolute Gasteiger partial charge is 0.395 e. The third-order valence-corrected chi connectivity index (χ3v) is 8.32. The van der Waals surface area contributed by atoms with E-state index in [-0.39, 0.29) is 37.4 Å². The molecule has 1 aromatic carbocycles. The van der Waals surface area contributed by atoms with Crippen molar-refractivity contribution >= 4 is 35.0 Å². The SMILES string of the molecule is CCCN1CC=C[C@@]2(CC)O[C@]34C=CCN(c5ccccc5Cl)C(=O)C3N(CCO)C(=O)[C@@H]4[C@H]2C1=O. The van der Waals surface area contributed by atoms with Crippen LogP contribution in [0.15, 0.2) is 48.6 Å². The van der Waals surface area contributed by atoms with E-state index in [4.69, 9.17) is 16.3 Å². The Morgan fingerprint density at radius 1 is 1.00 bits per heavy atom. The van der Waals surface area contributed by atoms with Crippen LogP contribution in [0.4, 0.5) is 5.69 Å². The van der Waals surface area contributed by atoms with Crippen LogP contribution in [0.2, 0.25) is 5.02 Å². The van der Waals surface area contributed by atoms with Gasteiger partial charge in [0.05, 0.1) is 34.8 Å². The van der Waals surface area contributed by atoms with Crippen LogP contribution in [0.1, 0.15) is 26.7 Å². The van der Waals surface area contributed by atoms with Gasteiger partial charge in [0.15, 0.2) is 0 Å². The number of amides is 3. The minimum absolute atomic E-state index is 0.0321. The molecule has 0 saturated carbocycles. The molecule has 3 amide bonds. The lowest BCUT2D eigenvalue weighted by molar-refractivity contribution is -0.150. The lowest BCUT2D eigenvalue weighted by Crippen LogP contribution is -2.56. The van der Waals surface area contributed by atoms with Gasteiger partial charge in [0.1, 0.15) is 11.6 Å². The van der Waals surface area contributed by atoms with Crippen LogP contribution in [-0.2, 0) is 19.1 Å². The number of hydrogen-bond acceptors (Lipinski definition) is 5. The van der Waals surface area contributed by atoms with E-state index in [0.29, 0.717) is 30.2 Å². The summed E-state index contributed by atoms with van der Waals surface area (Å²) in [7, 11) is 0. The highest BCUT2D eigenvalue weighted by Gasteiger charge is 2.75. The standard InChI is InChI=1S/C27H32ClN3O5/c1-3-13-29-14-7-11-26(4-2)20(23(29)33)21-24(34)31(16-17-32)22-25(35)30(15-8-12-27(21,22)36-26)19-10-6-5-9-18(19)28/h5-12,20-22,32H,3-4,13-17H2,1-2H3/t20-,21-,22?,26+,27-/m0/s1. The summed E-state index contributed by atoms with van der Waals surface area (Å²) in [5, 5.41) is 10.2. The van der Waals surface area contributed by atoms with Gasteiger partial charge < -0.3 is 24.5 Å². The summed E-state index contributed by atoms with van der Waals surface area (Å²) < 4.78 is 6.86. The maximum atomic E-state index is 14.2. The number of hydrogen-bond donors (Lipinski definition) is 1. The van der Waals surface area contributed by atoms with Crippen LogP contribution in [-0.4, -0.2) is 82.7 Å². The zero-order valence-electron chi connectivity index (χ0n) is 20.6. The summed E-state index contributed by atoms with van der Waals surface area (Å²) >= 11 is 6.45. The summed E-state index contributed by atoms with van der Waals surface area (Å²) in [5.41, 5.74) is -1.81. The summed E-state index contributed by atoms with van der Waals surface area (Å²) in [4.78, 5) is 46.9. The second-order valence-corrected chi connectivity index (χ2v) is 10.3. The average molecular weight is 514 g/mol. The molecular formula is C27H32ClN3O5. The fourth-order valence-corrected chi connectivity index (χ4v) is 6.75. The number of aliphatic hydroxyl groups excluding tert-OH is 1. The number of β-amino-alcohol motifs (C(OH)–C–C–N with tert-alkyl or cyclic N) is 1. The summed E-state index contributed by atoms with van der Waals surface area (Å²) in [6, 6.07) is 6.03. The Kier molecular flexibility index (Phi) is 6.47. The number of anilines is 1. The van der Waals surface area contributed by atoms with Crippen LogP contribution >= 0.6 is 11.6 Å². The van der Waals surface area contributed by atoms with Crippen LogP contribution in [0, 0.1) is 11.8 Å². The van der Waals surface area contributed by atoms with Gasteiger partial charge in [0.2, 0.25) is 11.8 Å². The molecule has 2 fully saturated rings. The molecule has 0 bridgehead atoms. The van der Waals surface area contributed by atoms with E-state index in [9.17, 15) is 19.5 Å². The fraction of sp³-hybridized carbons (Fsp3) is 0.519. The molecule has 2 saturated heterocycles. The number of para-hydroxylation sites is 1. The Bertz CT molecular complexity index is 1140. The molecule has 1 aromatic rings. The summed E-state index contributed by atoms with van der Waals surface area (Å²) in [6.45, 7) is 4.89. The van der Waals surface area contributed by atoms with E-state index in [1.807, 2.05) is 38.2 Å². The van der Waals surface area contributed by atoms with Crippen LogP contribution < -0.4 is 4.90 Å². The minimum Gasteiger partial charge on any atom is -0.395 e. The Hall–Kier alpha value is -2.68. The number of rotatable bonds is 6. The smallest absolute Gasteiger partial charge is 0.253 e. The third-order valence-electron chi connectivity index (χ3n) is 8.00. The Labute approximate surface area is 216 Å². The second kappa shape index (κ2) is 9.32. The number of halogens is 1. The molecule has 4 aliphatic heterocycles. The van der Waals surface area contributed by atoms with E-state index >= 15 is 0 Å². The number of fused-ring (bicyclic) bond motifs is 2. The normalized spacial score (nSPS) is 33.5. The van der Waals surface area contributed by atoms with E-state index in [0.717, 1.165) is 6.42 Å². The highest BCUT2D eigenvalue weighted by atomic mass is 35.5. The van der Waals surface area contributed by atoms with Gasteiger partial charge >= 0.3 is 0 Å². The van der Waals surface area contributed by atoms with Crippen molar-refractivity contribution in [1.82, 2.24) is 9.80 Å². The maximum Gasteiger partial charge on any atom is 0.253 e. The molecule has 192 valence electrons. The van der Waals surface area contributed by atoms with Crippen molar-refractivity contribution in [1.29, 1.82) is 0 Å². The van der Waals surface area contributed by atoms with Crippen molar-refractivity contribution < 1.29 is 24.2 Å². The van der Waals surface area contributed by atoms with E-state index in [2.05, 4.69) is 0 Å². The highest BCUT2D eigenvalue weighted by molar-refractivity contribution is 6.34. The van der Waals surface area contributed by atoms with Gasteiger partial charge in [-0.1, -0.05) is 61.9 Å². The van der Waals surface area contributed by atoms with Crippen molar-refractivity contribution in [3.05, 3.63) is 53.6 Å². The molecule has 8 nitrogen and oxygen atoms in total. The molecule has 0 aromatic heterocycles. The van der Waals surface area contributed by atoms with Gasteiger partial charge in [-0.05, 0) is 25.0 Å². The molecule has 0 aliphatic carbocycles. The summed E-state index contributed by atoms with van der Waals surface area (Å²) in [5.74, 6) is -2.46. The topological polar surface area (TPSA) is 90.4 Å². The molecule has 4 heterocycles. The number of ether oxygens (including phenoxy) is 1. The first-order valence-corrected chi connectivity index (χ1v) is 13.0. The van der Waals surface area contributed by atoms with Crippen LogP contribution in [0.25, 0.3) is 0 Å². The highest BCUT2D eigenvalue weighted by Crippen LogP contribution is 2.58. The van der Waals surface area contributed by atoms with Gasteiger partial charge in [-0.2, -0.15) is 0 Å². The number of carbonyl (C=O) groups is 3. The molecule has 1 spiro atoms. The van der Waals surface area contributed by atoms with Gasteiger partial charge in [0, 0.05) is 26.2 Å². The molecule has 9 heteroatoms. The molecule has 0 radical (unpaired) electrons. The first-order chi connectivity index (χ1) is 17.3. The Morgan fingerprint density at radius 3 is 2.44 bits per heavy atom. The molecule has 5 rings (SSSR count). The fourth-order valence-electron chi connectivity index (χ4n) is 6.52. The van der Waals surface area contributed by atoms with Crippen molar-refractivity contribution in [2.75, 3.05) is 37.7 Å². The van der Waals surface area contributed by atoms with Crippen molar-refractivity contribution in [3.8, 4) is 0 Å². The van der Waals surface area contributed by atoms with Crippen LogP contribution in [0.5, 0.6) is 0 Å². The van der Waals surface area contributed by atoms with Crippen molar-refractivity contribution in [2.45, 2.75) is 43.9 Å². The second-order valence-electron chi connectivity index (χ2n) is 9.87. The van der Waals surface area contributed by atoms with E-state index in [1.165, 1.54) is 4.90 Å². The van der Waals surface area contributed by atoms with Gasteiger partial charge in [-0.3, -0.25) is 14.4 Å². The molecule has 5 atom stereocenters. The summed E-state index contributed by atoms with van der Waals surface area (Å²) in [6.07, 6.45) is 8.78. The first kappa shape index (κ1) is 25.0. The minimum atomic E-state index is -1.34. The zero-order chi connectivity index (χ0) is 25.7. The van der Waals surface area contributed by atoms with Gasteiger partial charge in [-0.25, -0.2) is 0 Å².